The minimum Gasteiger partial charge on any atom is -0.462 e. The maximum atomic E-state index is 12.9. The smallest absolute Gasteiger partial charge is 0.302 e. The van der Waals surface area contributed by atoms with Gasteiger partial charge in [-0.25, -0.2) is 0 Å². The van der Waals surface area contributed by atoms with Crippen LogP contribution in [0, 0.1) is 34.5 Å². The Hall–Kier alpha value is -0.860. The summed E-state index contributed by atoms with van der Waals surface area (Å²) in [5.74, 6) is 2.89. The summed E-state index contributed by atoms with van der Waals surface area (Å²) in [7, 11) is 0. The van der Waals surface area contributed by atoms with E-state index in [4.69, 9.17) is 4.74 Å². The van der Waals surface area contributed by atoms with Crippen molar-refractivity contribution in [3.8, 4) is 0 Å². The van der Waals surface area contributed by atoms with Gasteiger partial charge in [0.05, 0.1) is 0 Å². The number of carbonyl (C=O) groups is 2. The molecule has 134 valence electrons. The van der Waals surface area contributed by atoms with Gasteiger partial charge in [0.15, 0.2) is 0 Å². The second-order valence-electron chi connectivity index (χ2n) is 9.47. The average molecular weight is 332 g/mol. The Morgan fingerprint density at radius 1 is 1.04 bits per heavy atom. The summed E-state index contributed by atoms with van der Waals surface area (Å²) in [6, 6.07) is 0. The lowest BCUT2D eigenvalue weighted by Crippen LogP contribution is -2.56. The number of Topliss-reactive ketones (excluding diaryl/α,β-unsaturated/α-hetero) is 1. The number of fused-ring (bicyclic) bond motifs is 5. The second-order valence-corrected chi connectivity index (χ2v) is 9.47. The van der Waals surface area contributed by atoms with Gasteiger partial charge in [0.25, 0.3) is 0 Å². The SMILES string of the molecule is CC(=O)O[C@H]1CC[C@H]2[C@H]3CC[C@H]4CCCC(=O)[C@]4(C)[C@@H]3CC[C@]12C. The molecule has 0 bridgehead atoms. The molecule has 0 N–H and O–H groups in total. The van der Waals surface area contributed by atoms with Gasteiger partial charge >= 0.3 is 5.97 Å². The molecular weight excluding hydrogens is 300 g/mol. The zero-order valence-electron chi connectivity index (χ0n) is 15.5. The molecule has 4 aliphatic carbocycles. The number of rotatable bonds is 1. The summed E-state index contributed by atoms with van der Waals surface area (Å²) in [6.45, 7) is 6.19. The third-order valence-electron chi connectivity index (χ3n) is 8.68. The lowest BCUT2D eigenvalue weighted by Gasteiger charge is -2.59. The number of carbonyl (C=O) groups excluding carboxylic acids is 2. The molecule has 4 rings (SSSR count). The van der Waals surface area contributed by atoms with Crippen LogP contribution in [0.5, 0.6) is 0 Å². The van der Waals surface area contributed by atoms with E-state index < -0.39 is 0 Å². The van der Waals surface area contributed by atoms with Gasteiger partial charge in [0, 0.05) is 24.2 Å². The third-order valence-corrected chi connectivity index (χ3v) is 8.68. The first-order valence-electron chi connectivity index (χ1n) is 10.1. The summed E-state index contributed by atoms with van der Waals surface area (Å²) in [6.07, 6.45) is 10.2. The van der Waals surface area contributed by atoms with Crippen molar-refractivity contribution in [2.24, 2.45) is 34.5 Å². The van der Waals surface area contributed by atoms with Crippen molar-refractivity contribution in [1.29, 1.82) is 0 Å². The van der Waals surface area contributed by atoms with Crippen molar-refractivity contribution in [3.63, 3.8) is 0 Å². The van der Waals surface area contributed by atoms with Gasteiger partial charge < -0.3 is 4.74 Å². The zero-order chi connectivity index (χ0) is 17.1. The van der Waals surface area contributed by atoms with Gasteiger partial charge in [-0.05, 0) is 75.0 Å². The molecule has 0 amide bonds. The fourth-order valence-corrected chi connectivity index (χ4v) is 7.43. The molecular formula is C21H32O3. The van der Waals surface area contributed by atoms with Gasteiger partial charge in [-0.2, -0.15) is 0 Å². The molecule has 0 aromatic rings. The topological polar surface area (TPSA) is 43.4 Å². The molecule has 3 nitrogen and oxygen atoms in total. The normalized spacial score (nSPS) is 50.6. The lowest BCUT2D eigenvalue weighted by molar-refractivity contribution is -0.165. The van der Waals surface area contributed by atoms with E-state index in [1.165, 1.54) is 32.6 Å². The third kappa shape index (κ3) is 2.15. The number of hydrogen-bond donors (Lipinski definition) is 0. The van der Waals surface area contributed by atoms with Crippen molar-refractivity contribution in [3.05, 3.63) is 0 Å². The Labute approximate surface area is 145 Å². The Balaban J connectivity index is 1.62. The molecule has 0 spiro atoms. The van der Waals surface area contributed by atoms with Crippen LogP contribution in [0.3, 0.4) is 0 Å². The molecule has 7 atom stereocenters. The Bertz CT molecular complexity index is 555. The van der Waals surface area contributed by atoms with Gasteiger partial charge in [-0.1, -0.05) is 13.8 Å². The quantitative estimate of drug-likeness (QED) is 0.663. The van der Waals surface area contributed by atoms with Crippen LogP contribution in [0.15, 0.2) is 0 Å². The molecule has 0 aromatic heterocycles. The van der Waals surface area contributed by atoms with Crippen LogP contribution in [0.1, 0.15) is 78.6 Å². The molecule has 3 heteroatoms. The first-order valence-corrected chi connectivity index (χ1v) is 10.1. The van der Waals surface area contributed by atoms with Crippen LogP contribution >= 0.6 is 0 Å². The van der Waals surface area contributed by atoms with E-state index in [9.17, 15) is 9.59 Å². The minimum atomic E-state index is -0.137. The summed E-state index contributed by atoms with van der Waals surface area (Å²) < 4.78 is 5.71. The van der Waals surface area contributed by atoms with Crippen LogP contribution in [0.4, 0.5) is 0 Å². The fraction of sp³-hybridized carbons (Fsp3) is 0.905. The highest BCUT2D eigenvalue weighted by Crippen LogP contribution is 2.65. The van der Waals surface area contributed by atoms with Crippen molar-refractivity contribution in [2.75, 3.05) is 0 Å². The predicted molar refractivity (Wildman–Crippen MR) is 92.3 cm³/mol. The zero-order valence-corrected chi connectivity index (χ0v) is 15.5. The molecule has 4 fully saturated rings. The van der Waals surface area contributed by atoms with Crippen molar-refractivity contribution >= 4 is 11.8 Å². The van der Waals surface area contributed by atoms with Crippen molar-refractivity contribution in [1.82, 2.24) is 0 Å². The van der Waals surface area contributed by atoms with Crippen LogP contribution in [0.2, 0.25) is 0 Å². The van der Waals surface area contributed by atoms with Crippen molar-refractivity contribution < 1.29 is 14.3 Å². The molecule has 4 aliphatic rings. The van der Waals surface area contributed by atoms with E-state index >= 15 is 0 Å². The van der Waals surface area contributed by atoms with Gasteiger partial charge in [-0.15, -0.1) is 0 Å². The molecule has 0 heterocycles. The number of ketones is 1. The number of hydrogen-bond acceptors (Lipinski definition) is 3. The van der Waals surface area contributed by atoms with Crippen molar-refractivity contribution in [2.45, 2.75) is 84.7 Å². The predicted octanol–water partition coefficient (Wildman–Crippen LogP) is 4.53. The van der Waals surface area contributed by atoms with E-state index in [0.717, 1.165) is 32.1 Å². The summed E-state index contributed by atoms with van der Waals surface area (Å²) in [5, 5.41) is 0. The van der Waals surface area contributed by atoms with E-state index in [-0.39, 0.29) is 22.9 Å². The molecule has 0 saturated heterocycles. The first-order chi connectivity index (χ1) is 11.4. The molecule has 0 aliphatic heterocycles. The highest BCUT2D eigenvalue weighted by molar-refractivity contribution is 5.86. The second kappa shape index (κ2) is 5.57. The van der Waals surface area contributed by atoms with Gasteiger partial charge in [0.2, 0.25) is 0 Å². The van der Waals surface area contributed by atoms with Gasteiger partial charge in [-0.3, -0.25) is 9.59 Å². The van der Waals surface area contributed by atoms with Crippen LogP contribution in [-0.2, 0) is 14.3 Å². The Kier molecular flexibility index (Phi) is 3.85. The Morgan fingerprint density at radius 3 is 2.58 bits per heavy atom. The average Bonchev–Trinajstić information content (AvgIpc) is 2.85. The van der Waals surface area contributed by atoms with E-state index in [0.29, 0.717) is 29.5 Å². The monoisotopic (exact) mass is 332 g/mol. The van der Waals surface area contributed by atoms with Gasteiger partial charge in [0.1, 0.15) is 11.9 Å². The molecule has 0 radical (unpaired) electrons. The van der Waals surface area contributed by atoms with Crippen LogP contribution < -0.4 is 0 Å². The highest BCUT2D eigenvalue weighted by atomic mass is 16.5. The molecule has 4 saturated carbocycles. The number of esters is 1. The minimum absolute atomic E-state index is 0.0674. The number of ether oxygens (including phenoxy) is 1. The largest absolute Gasteiger partial charge is 0.462 e. The summed E-state index contributed by atoms with van der Waals surface area (Å²) in [5.41, 5.74) is 0.0652. The molecule has 24 heavy (non-hydrogen) atoms. The van der Waals surface area contributed by atoms with E-state index in [1.807, 2.05) is 0 Å². The summed E-state index contributed by atoms with van der Waals surface area (Å²) in [4.78, 5) is 24.4. The maximum Gasteiger partial charge on any atom is 0.302 e. The van der Waals surface area contributed by atoms with E-state index in [1.54, 1.807) is 0 Å². The molecule has 0 aromatic carbocycles. The standard InChI is InChI=1S/C21H32O3/c1-13(22)24-19-10-9-16-15-8-7-14-5-4-6-18(23)21(14,3)17(15)11-12-20(16,19)2/h14-17,19H,4-12H2,1-3H3/t14-,15-,16+,17-,19+,20+,21+/m1/s1. The molecule has 0 unspecified atom stereocenters. The summed E-state index contributed by atoms with van der Waals surface area (Å²) >= 11 is 0. The first kappa shape index (κ1) is 16.6. The maximum absolute atomic E-state index is 12.9. The Morgan fingerprint density at radius 2 is 1.83 bits per heavy atom. The van der Waals surface area contributed by atoms with Crippen LogP contribution in [-0.4, -0.2) is 17.9 Å². The van der Waals surface area contributed by atoms with E-state index in [2.05, 4.69) is 13.8 Å². The van der Waals surface area contributed by atoms with Crippen LogP contribution in [0.25, 0.3) is 0 Å². The fourth-order valence-electron chi connectivity index (χ4n) is 7.43. The lowest BCUT2D eigenvalue weighted by atomic mass is 9.45. The highest BCUT2D eigenvalue weighted by Gasteiger charge is 2.62.